The first kappa shape index (κ1) is 22.0. The topological polar surface area (TPSA) is 69.7 Å². The van der Waals surface area contributed by atoms with Crippen molar-refractivity contribution < 1.29 is 14.4 Å². The Kier molecular flexibility index (Phi) is 5.06. The molecule has 0 aromatic heterocycles. The van der Waals surface area contributed by atoms with Gasteiger partial charge in [-0.3, -0.25) is 24.6 Å². The Balaban J connectivity index is 1.47. The van der Waals surface area contributed by atoms with Gasteiger partial charge >= 0.3 is 0 Å². The molecule has 3 aliphatic heterocycles. The summed E-state index contributed by atoms with van der Waals surface area (Å²) in [5.74, 6) is -2.20. The molecule has 0 bridgehead atoms. The van der Waals surface area contributed by atoms with E-state index in [2.05, 4.69) is 5.32 Å². The van der Waals surface area contributed by atoms with E-state index in [4.69, 9.17) is 11.6 Å². The highest BCUT2D eigenvalue weighted by atomic mass is 35.5. The van der Waals surface area contributed by atoms with Crippen LogP contribution in [0.3, 0.4) is 0 Å². The van der Waals surface area contributed by atoms with E-state index in [0.717, 1.165) is 22.4 Å². The standard InChI is InChI=1S/C28H24ClN3O3/c1-31-25(33)23-21(15-17-9-3-2-4-10-17)30-28(24(23)26(31)34)19-12-6-8-14-22(19)32(27(28)35)16-18-11-5-7-13-20(18)29/h2-14,21,23-24,30H,15-16H2,1H3/t21-,23+,24+,28-/m0/s1. The molecule has 2 saturated heterocycles. The van der Waals surface area contributed by atoms with Crippen molar-refractivity contribution in [3.05, 3.63) is 101 Å². The van der Waals surface area contributed by atoms with E-state index >= 15 is 0 Å². The Hall–Kier alpha value is -3.48. The molecule has 7 heteroatoms. The molecule has 3 amide bonds. The number of carbonyl (C=O) groups is 3. The van der Waals surface area contributed by atoms with Gasteiger partial charge in [-0.25, -0.2) is 0 Å². The molecular weight excluding hydrogens is 462 g/mol. The van der Waals surface area contributed by atoms with Crippen molar-refractivity contribution in [1.82, 2.24) is 10.2 Å². The van der Waals surface area contributed by atoms with Crippen LogP contribution in [-0.2, 0) is 32.9 Å². The van der Waals surface area contributed by atoms with Gasteiger partial charge < -0.3 is 4.90 Å². The third-order valence-corrected chi connectivity index (χ3v) is 8.04. The molecule has 0 aliphatic carbocycles. The van der Waals surface area contributed by atoms with Gasteiger partial charge in [-0.1, -0.05) is 78.3 Å². The predicted molar refractivity (Wildman–Crippen MR) is 133 cm³/mol. The van der Waals surface area contributed by atoms with Gasteiger partial charge in [0.1, 0.15) is 5.54 Å². The molecule has 3 aromatic carbocycles. The monoisotopic (exact) mass is 485 g/mol. The van der Waals surface area contributed by atoms with Gasteiger partial charge in [0, 0.05) is 29.4 Å². The van der Waals surface area contributed by atoms with Crippen LogP contribution in [0.4, 0.5) is 5.69 Å². The van der Waals surface area contributed by atoms with Gasteiger partial charge in [0.25, 0.3) is 5.91 Å². The van der Waals surface area contributed by atoms with Crippen LogP contribution < -0.4 is 10.2 Å². The van der Waals surface area contributed by atoms with Crippen LogP contribution in [-0.4, -0.2) is 35.7 Å². The van der Waals surface area contributed by atoms with Crippen molar-refractivity contribution in [2.45, 2.75) is 24.5 Å². The lowest BCUT2D eigenvalue weighted by molar-refractivity contribution is -0.141. The number of likely N-dealkylation sites (tertiary alicyclic amines) is 1. The lowest BCUT2D eigenvalue weighted by Crippen LogP contribution is -2.55. The minimum absolute atomic E-state index is 0.222. The van der Waals surface area contributed by atoms with Gasteiger partial charge in [-0.15, -0.1) is 0 Å². The summed E-state index contributed by atoms with van der Waals surface area (Å²) in [4.78, 5) is 44.0. The van der Waals surface area contributed by atoms with Crippen LogP contribution in [0.2, 0.25) is 5.02 Å². The maximum Gasteiger partial charge on any atom is 0.253 e. The Labute approximate surface area is 208 Å². The minimum atomic E-state index is -1.31. The first-order chi connectivity index (χ1) is 16.9. The lowest BCUT2D eigenvalue weighted by Gasteiger charge is -2.30. The van der Waals surface area contributed by atoms with Gasteiger partial charge in [-0.2, -0.15) is 0 Å². The number of fused-ring (bicyclic) bond motifs is 4. The van der Waals surface area contributed by atoms with E-state index in [1.807, 2.05) is 72.8 Å². The summed E-state index contributed by atoms with van der Waals surface area (Å²) in [6.45, 7) is 0.275. The fraction of sp³-hybridized carbons (Fsp3) is 0.250. The molecule has 1 spiro atoms. The van der Waals surface area contributed by atoms with Crippen LogP contribution in [0.5, 0.6) is 0 Å². The molecule has 3 aliphatic rings. The molecule has 0 saturated carbocycles. The van der Waals surface area contributed by atoms with Crippen molar-refractivity contribution in [2.75, 3.05) is 11.9 Å². The largest absolute Gasteiger partial charge is 0.306 e. The number of nitrogens with one attached hydrogen (secondary N) is 1. The zero-order valence-corrected chi connectivity index (χ0v) is 19.9. The van der Waals surface area contributed by atoms with Gasteiger partial charge in [0.05, 0.1) is 18.4 Å². The van der Waals surface area contributed by atoms with E-state index in [1.165, 1.54) is 11.9 Å². The summed E-state index contributed by atoms with van der Waals surface area (Å²) >= 11 is 6.43. The molecule has 6 rings (SSSR count). The average molecular weight is 486 g/mol. The van der Waals surface area contributed by atoms with Crippen LogP contribution >= 0.6 is 11.6 Å². The zero-order valence-electron chi connectivity index (χ0n) is 19.1. The van der Waals surface area contributed by atoms with E-state index in [1.54, 1.807) is 11.0 Å². The van der Waals surface area contributed by atoms with Gasteiger partial charge in [0.2, 0.25) is 11.8 Å². The average Bonchev–Trinajstić information content (AvgIpc) is 3.41. The number of hydrogen-bond acceptors (Lipinski definition) is 4. The van der Waals surface area contributed by atoms with Crippen LogP contribution in [0.1, 0.15) is 16.7 Å². The van der Waals surface area contributed by atoms with Gasteiger partial charge in [-0.05, 0) is 29.7 Å². The molecular formula is C28H24ClN3O3. The quantitative estimate of drug-likeness (QED) is 0.574. The normalized spacial score (nSPS) is 27.1. The third kappa shape index (κ3) is 3.10. The Morgan fingerprint density at radius 3 is 2.34 bits per heavy atom. The number of para-hydroxylation sites is 1. The summed E-state index contributed by atoms with van der Waals surface area (Å²) in [5.41, 5.74) is 2.02. The SMILES string of the molecule is CN1C(=O)[C@@H]2[C@H](Cc3ccccc3)N[C@]3(C(=O)N(Cc4ccccc4Cl)c4ccccc43)[C@H]2C1=O. The maximum absolute atomic E-state index is 14.3. The van der Waals surface area contributed by atoms with Crippen molar-refractivity contribution in [3.63, 3.8) is 0 Å². The van der Waals surface area contributed by atoms with E-state index in [0.29, 0.717) is 11.4 Å². The highest BCUT2D eigenvalue weighted by molar-refractivity contribution is 6.31. The zero-order chi connectivity index (χ0) is 24.3. The molecule has 0 unspecified atom stereocenters. The van der Waals surface area contributed by atoms with Crippen LogP contribution in [0.15, 0.2) is 78.9 Å². The van der Waals surface area contributed by atoms with E-state index in [9.17, 15) is 14.4 Å². The van der Waals surface area contributed by atoms with Crippen molar-refractivity contribution in [1.29, 1.82) is 0 Å². The number of carbonyl (C=O) groups excluding carboxylic acids is 3. The number of halogens is 1. The summed E-state index contributed by atoms with van der Waals surface area (Å²) in [7, 11) is 1.52. The molecule has 0 radical (unpaired) electrons. The van der Waals surface area contributed by atoms with Crippen molar-refractivity contribution in [2.24, 2.45) is 11.8 Å². The Morgan fingerprint density at radius 2 is 1.57 bits per heavy atom. The molecule has 1 N–H and O–H groups in total. The Morgan fingerprint density at radius 1 is 0.886 bits per heavy atom. The van der Waals surface area contributed by atoms with Crippen molar-refractivity contribution in [3.8, 4) is 0 Å². The number of amides is 3. The maximum atomic E-state index is 14.3. The minimum Gasteiger partial charge on any atom is -0.306 e. The summed E-state index contributed by atoms with van der Waals surface area (Å²) in [6.07, 6.45) is 0.538. The fourth-order valence-corrected chi connectivity index (χ4v) is 6.28. The molecule has 3 aromatic rings. The van der Waals surface area contributed by atoms with Gasteiger partial charge in [0.15, 0.2) is 0 Å². The second-order valence-corrected chi connectivity index (χ2v) is 9.89. The van der Waals surface area contributed by atoms with E-state index < -0.39 is 17.4 Å². The molecule has 3 heterocycles. The van der Waals surface area contributed by atoms with Crippen LogP contribution in [0.25, 0.3) is 0 Å². The smallest absolute Gasteiger partial charge is 0.253 e. The number of anilines is 1. The molecule has 176 valence electrons. The number of hydrogen-bond donors (Lipinski definition) is 1. The predicted octanol–water partition coefficient (Wildman–Crippen LogP) is 3.53. The lowest BCUT2D eigenvalue weighted by atomic mass is 9.76. The summed E-state index contributed by atoms with van der Waals surface area (Å²) < 4.78 is 0. The van der Waals surface area contributed by atoms with Crippen LogP contribution in [0, 0.1) is 11.8 Å². The van der Waals surface area contributed by atoms with Crippen molar-refractivity contribution >= 4 is 35.0 Å². The fourth-order valence-electron chi connectivity index (χ4n) is 6.09. The number of nitrogens with zero attached hydrogens (tertiary/aromatic N) is 2. The highest BCUT2D eigenvalue weighted by Gasteiger charge is 2.71. The molecule has 35 heavy (non-hydrogen) atoms. The molecule has 2 fully saturated rings. The number of benzene rings is 3. The Bertz CT molecular complexity index is 1360. The second-order valence-electron chi connectivity index (χ2n) is 9.49. The van der Waals surface area contributed by atoms with E-state index in [-0.39, 0.29) is 30.3 Å². The number of imide groups is 1. The summed E-state index contributed by atoms with van der Waals surface area (Å²) in [5, 5.41) is 4.12. The molecule has 4 atom stereocenters. The second kappa shape index (κ2) is 8.04. The third-order valence-electron chi connectivity index (χ3n) is 7.67. The summed E-state index contributed by atoms with van der Waals surface area (Å²) in [6, 6.07) is 24.5. The number of rotatable bonds is 4. The molecule has 6 nitrogen and oxygen atoms in total. The first-order valence-corrected chi connectivity index (χ1v) is 12.1. The highest BCUT2D eigenvalue weighted by Crippen LogP contribution is 2.55. The first-order valence-electron chi connectivity index (χ1n) is 11.7.